The molecule has 1 spiro atoms. The number of hydrogen-bond donors (Lipinski definition) is 1. The van der Waals surface area contributed by atoms with Gasteiger partial charge in [-0.3, -0.25) is 14.8 Å². The Morgan fingerprint density at radius 2 is 2.09 bits per heavy atom. The summed E-state index contributed by atoms with van der Waals surface area (Å²) in [6.45, 7) is 11.2. The molecule has 178 valence electrons. The number of nitrogens with zero attached hydrogens (tertiary/aromatic N) is 4. The van der Waals surface area contributed by atoms with Gasteiger partial charge >= 0.3 is 0 Å². The van der Waals surface area contributed by atoms with Crippen LogP contribution in [0.2, 0.25) is 0 Å². The van der Waals surface area contributed by atoms with Crippen molar-refractivity contribution in [1.29, 1.82) is 0 Å². The van der Waals surface area contributed by atoms with Crippen LogP contribution in [0.4, 0.5) is 10.1 Å². The maximum absolute atomic E-state index is 15.0. The second kappa shape index (κ2) is 8.25. The van der Waals surface area contributed by atoms with E-state index in [1.807, 2.05) is 11.9 Å². The minimum Gasteiger partial charge on any atom is -0.386 e. The molecule has 0 bridgehead atoms. The summed E-state index contributed by atoms with van der Waals surface area (Å²) in [4.78, 5) is 26.7. The fourth-order valence-corrected chi connectivity index (χ4v) is 7.33. The summed E-state index contributed by atoms with van der Waals surface area (Å²) >= 11 is 0. The summed E-state index contributed by atoms with van der Waals surface area (Å²) in [7, 11) is -1.90. The van der Waals surface area contributed by atoms with Crippen LogP contribution in [0.5, 0.6) is 0 Å². The molecule has 1 aromatic carbocycles. The van der Waals surface area contributed by atoms with Crippen molar-refractivity contribution in [3.05, 3.63) is 70.1 Å². The van der Waals surface area contributed by atoms with E-state index in [2.05, 4.69) is 14.8 Å². The van der Waals surface area contributed by atoms with Gasteiger partial charge in [0.1, 0.15) is 27.6 Å². The zero-order valence-electron chi connectivity index (χ0n) is 19.3. The third-order valence-corrected chi connectivity index (χ3v) is 9.43. The number of aryl methyl sites for hydroxylation is 1. The van der Waals surface area contributed by atoms with Crippen molar-refractivity contribution in [3.8, 4) is 0 Å². The Kier molecular flexibility index (Phi) is 5.82. The molecule has 2 aliphatic heterocycles. The molecule has 2 atom stereocenters. The standard InChI is InChI=1S/C24H26FN5O3S/c1-15-9-17(27-3)12-28-21(15)20(31)11-16-5-6-19(25)18(10-16)23(2)14-34(32,33)24(22(26)29-23)7-8-30(4)13-24/h5-6,9-10,12H,7-8,11,13-14H2,1-2,4H3,(H2,26,29)/t23-,24?/m0/s1. The molecule has 0 radical (unpaired) electrons. The highest BCUT2D eigenvalue weighted by atomic mass is 32.2. The first-order valence-corrected chi connectivity index (χ1v) is 12.5. The van der Waals surface area contributed by atoms with Crippen molar-refractivity contribution in [2.45, 2.75) is 37.0 Å². The van der Waals surface area contributed by atoms with Gasteiger partial charge in [-0.1, -0.05) is 6.07 Å². The Morgan fingerprint density at radius 1 is 1.35 bits per heavy atom. The van der Waals surface area contributed by atoms with Gasteiger partial charge in [-0.05, 0) is 63.2 Å². The van der Waals surface area contributed by atoms with E-state index < -0.39 is 25.9 Å². The fraction of sp³-hybridized carbons (Fsp3) is 0.417. The van der Waals surface area contributed by atoms with Gasteiger partial charge in [-0.25, -0.2) is 17.7 Å². The first kappa shape index (κ1) is 24.0. The predicted molar refractivity (Wildman–Crippen MR) is 127 cm³/mol. The number of pyridine rings is 1. The Balaban J connectivity index is 1.69. The van der Waals surface area contributed by atoms with Gasteiger partial charge in [0.15, 0.2) is 15.6 Å². The largest absolute Gasteiger partial charge is 0.386 e. The maximum Gasteiger partial charge on any atom is 0.205 e. The molecule has 1 saturated heterocycles. The molecule has 0 amide bonds. The number of ketones is 1. The number of benzene rings is 1. The number of nitrogens with two attached hydrogens (primary N) is 1. The van der Waals surface area contributed by atoms with Gasteiger partial charge in [0.25, 0.3) is 0 Å². The van der Waals surface area contributed by atoms with Crippen LogP contribution >= 0.6 is 0 Å². The first-order valence-electron chi connectivity index (χ1n) is 10.8. The van der Waals surface area contributed by atoms with Gasteiger partial charge in [-0.15, -0.1) is 0 Å². The van der Waals surface area contributed by atoms with Crippen LogP contribution in [0, 0.1) is 19.3 Å². The van der Waals surface area contributed by atoms with Crippen molar-refractivity contribution in [2.75, 3.05) is 25.9 Å². The maximum atomic E-state index is 15.0. The van der Waals surface area contributed by atoms with Crippen molar-refractivity contribution >= 4 is 27.1 Å². The summed E-state index contributed by atoms with van der Waals surface area (Å²) in [5.41, 5.74) is 6.58. The van der Waals surface area contributed by atoms with E-state index in [9.17, 15) is 17.6 Å². The number of sulfone groups is 1. The summed E-state index contributed by atoms with van der Waals surface area (Å²) in [5, 5.41) is 0. The highest BCUT2D eigenvalue weighted by molar-refractivity contribution is 7.93. The summed E-state index contributed by atoms with van der Waals surface area (Å²) in [6, 6.07) is 5.78. The Bertz CT molecular complexity index is 1370. The number of amidine groups is 1. The Labute approximate surface area is 198 Å². The van der Waals surface area contributed by atoms with Crippen molar-refractivity contribution in [3.63, 3.8) is 0 Å². The molecular weight excluding hydrogens is 457 g/mol. The number of carbonyl (C=O) groups excluding carboxylic acids is 1. The molecule has 2 aliphatic rings. The molecule has 1 fully saturated rings. The monoisotopic (exact) mass is 483 g/mol. The molecule has 1 unspecified atom stereocenters. The zero-order chi connectivity index (χ0) is 24.9. The number of hydrogen-bond acceptors (Lipinski definition) is 7. The molecule has 34 heavy (non-hydrogen) atoms. The summed E-state index contributed by atoms with van der Waals surface area (Å²) < 4.78 is 40.5. The molecule has 0 aliphatic carbocycles. The van der Waals surface area contributed by atoms with E-state index in [1.54, 1.807) is 19.9 Å². The molecular formula is C24H26FN5O3S. The lowest BCUT2D eigenvalue weighted by atomic mass is 9.90. The number of carbonyl (C=O) groups is 1. The summed E-state index contributed by atoms with van der Waals surface area (Å²) in [5.74, 6) is -1.27. The van der Waals surface area contributed by atoms with E-state index in [0.717, 1.165) is 0 Å². The number of aliphatic imine (C=N–C) groups is 1. The Morgan fingerprint density at radius 3 is 2.68 bits per heavy atom. The van der Waals surface area contributed by atoms with Crippen LogP contribution < -0.4 is 5.73 Å². The van der Waals surface area contributed by atoms with Crippen LogP contribution in [0.25, 0.3) is 4.85 Å². The Hall–Kier alpha value is -3.16. The minimum atomic E-state index is -3.73. The van der Waals surface area contributed by atoms with Gasteiger partial charge in [-0.2, -0.15) is 0 Å². The fourth-order valence-electron chi connectivity index (χ4n) is 4.91. The van der Waals surface area contributed by atoms with Crippen LogP contribution in [0.1, 0.15) is 40.5 Å². The van der Waals surface area contributed by atoms with Gasteiger partial charge < -0.3 is 10.6 Å². The SMILES string of the molecule is [C-]#[N+]c1cnc(C(=O)Cc2ccc(F)c([C@]3(C)CS(=O)(=O)C4(CCN(C)C4)C(N)=N3)c2)c(C)c1. The second-order valence-corrected chi connectivity index (χ2v) is 11.7. The minimum absolute atomic E-state index is 0.00574. The van der Waals surface area contributed by atoms with E-state index in [0.29, 0.717) is 29.8 Å². The van der Waals surface area contributed by atoms with Gasteiger partial charge in [0, 0.05) is 24.7 Å². The molecule has 10 heteroatoms. The smallest absolute Gasteiger partial charge is 0.205 e. The normalized spacial score (nSPS) is 26.3. The second-order valence-electron chi connectivity index (χ2n) is 9.40. The number of aromatic nitrogens is 1. The topological polar surface area (TPSA) is 110 Å². The van der Waals surface area contributed by atoms with E-state index in [1.165, 1.54) is 24.4 Å². The van der Waals surface area contributed by atoms with Crippen molar-refractivity contribution in [2.24, 2.45) is 10.7 Å². The quantitative estimate of drug-likeness (QED) is 0.529. The van der Waals surface area contributed by atoms with Crippen LogP contribution in [-0.4, -0.2) is 60.6 Å². The molecule has 4 rings (SSSR count). The van der Waals surface area contributed by atoms with E-state index >= 15 is 0 Å². The zero-order valence-corrected chi connectivity index (χ0v) is 20.1. The third kappa shape index (κ3) is 3.89. The van der Waals surface area contributed by atoms with Crippen molar-refractivity contribution in [1.82, 2.24) is 9.88 Å². The highest BCUT2D eigenvalue weighted by Gasteiger charge is 2.57. The van der Waals surface area contributed by atoms with Crippen molar-refractivity contribution < 1.29 is 17.6 Å². The lowest BCUT2D eigenvalue weighted by molar-refractivity contribution is 0.0987. The van der Waals surface area contributed by atoms with E-state index in [4.69, 9.17) is 12.3 Å². The molecule has 1 aromatic heterocycles. The van der Waals surface area contributed by atoms with Gasteiger partial charge in [0.05, 0.1) is 12.3 Å². The molecule has 8 nitrogen and oxygen atoms in total. The molecule has 2 N–H and O–H groups in total. The lowest BCUT2D eigenvalue weighted by Crippen LogP contribution is -2.59. The van der Waals surface area contributed by atoms with Crippen LogP contribution in [0.3, 0.4) is 0 Å². The average Bonchev–Trinajstić information content (AvgIpc) is 3.17. The molecule has 0 saturated carbocycles. The number of Topliss-reactive ketones (excluding diaryl/α,β-unsaturated/α-hetero) is 1. The summed E-state index contributed by atoms with van der Waals surface area (Å²) in [6.07, 6.45) is 1.63. The van der Waals surface area contributed by atoms with Crippen LogP contribution in [0.15, 0.2) is 35.5 Å². The lowest BCUT2D eigenvalue weighted by Gasteiger charge is -2.39. The predicted octanol–water partition coefficient (Wildman–Crippen LogP) is 2.58. The molecule has 2 aromatic rings. The van der Waals surface area contributed by atoms with Crippen LogP contribution in [-0.2, 0) is 21.8 Å². The van der Waals surface area contributed by atoms with E-state index in [-0.39, 0.29) is 41.6 Å². The number of likely N-dealkylation sites (tertiary alicyclic amines) is 1. The average molecular weight is 484 g/mol. The third-order valence-electron chi connectivity index (χ3n) is 6.76. The number of rotatable bonds is 4. The molecule has 3 heterocycles. The van der Waals surface area contributed by atoms with Gasteiger partial charge in [0.2, 0.25) is 5.69 Å². The highest BCUT2D eigenvalue weighted by Crippen LogP contribution is 2.41. The first-order chi connectivity index (χ1) is 15.9. The number of halogens is 1.